The molecular weight excluding hydrogens is 525 g/mol. The Kier molecular flexibility index (Phi) is 11.1. The van der Waals surface area contributed by atoms with E-state index >= 15 is 0 Å². The summed E-state index contributed by atoms with van der Waals surface area (Å²) in [6, 6.07) is 16.7. The van der Waals surface area contributed by atoms with Crippen molar-refractivity contribution < 1.29 is 41.7 Å². The lowest BCUT2D eigenvalue weighted by molar-refractivity contribution is -0.274. The molecule has 0 heterocycles. The van der Waals surface area contributed by atoms with Crippen molar-refractivity contribution in [2.75, 3.05) is 13.2 Å². The van der Waals surface area contributed by atoms with E-state index in [0.717, 1.165) is 29.2 Å². The summed E-state index contributed by atoms with van der Waals surface area (Å²) >= 11 is 0. The Balaban J connectivity index is 1.62. The second kappa shape index (κ2) is 14.5. The molecule has 0 N–H and O–H groups in total. The third-order valence-corrected chi connectivity index (χ3v) is 6.05. The Labute approximate surface area is 233 Å². The van der Waals surface area contributed by atoms with Crippen LogP contribution in [0.15, 0.2) is 60.7 Å². The van der Waals surface area contributed by atoms with E-state index in [4.69, 9.17) is 18.9 Å². The van der Waals surface area contributed by atoms with Crippen LogP contribution in [0.1, 0.15) is 50.3 Å². The Morgan fingerprint density at radius 2 is 1.65 bits per heavy atom. The van der Waals surface area contributed by atoms with Crippen LogP contribution in [0.3, 0.4) is 0 Å². The van der Waals surface area contributed by atoms with Crippen molar-refractivity contribution in [1.82, 2.24) is 0 Å². The highest BCUT2D eigenvalue weighted by Gasteiger charge is 2.31. The molecule has 0 saturated heterocycles. The van der Waals surface area contributed by atoms with Gasteiger partial charge in [0, 0.05) is 18.9 Å². The van der Waals surface area contributed by atoms with Crippen LogP contribution in [0.4, 0.5) is 13.2 Å². The molecule has 0 radical (unpaired) electrons. The molecular formula is C31H35F3O6. The number of ether oxygens (including phenoxy) is 5. The van der Waals surface area contributed by atoms with Gasteiger partial charge < -0.3 is 23.7 Å². The Morgan fingerprint density at radius 3 is 2.35 bits per heavy atom. The first kappa shape index (κ1) is 30.7. The largest absolute Gasteiger partial charge is 0.573 e. The smallest absolute Gasteiger partial charge is 0.493 e. The summed E-state index contributed by atoms with van der Waals surface area (Å²) in [5, 5.41) is 0. The van der Waals surface area contributed by atoms with E-state index in [-0.39, 0.29) is 23.6 Å². The molecule has 0 unspecified atom stereocenters. The van der Waals surface area contributed by atoms with Gasteiger partial charge in [0.25, 0.3) is 0 Å². The van der Waals surface area contributed by atoms with E-state index in [1.807, 2.05) is 51.1 Å². The minimum Gasteiger partial charge on any atom is -0.493 e. The lowest BCUT2D eigenvalue weighted by Gasteiger charge is -2.20. The fraction of sp³-hybridized carbons (Fsp3) is 0.387. The van der Waals surface area contributed by atoms with Gasteiger partial charge >= 0.3 is 12.3 Å². The zero-order chi connectivity index (χ0) is 29.1. The average molecular weight is 561 g/mol. The lowest BCUT2D eigenvalue weighted by Crippen LogP contribution is -2.18. The number of carbonyl (C=O) groups is 1. The Bertz CT molecular complexity index is 1260. The second-order valence-electron chi connectivity index (χ2n) is 9.18. The van der Waals surface area contributed by atoms with E-state index in [2.05, 4.69) is 4.74 Å². The molecule has 0 fully saturated rings. The van der Waals surface area contributed by atoms with Crippen LogP contribution in [-0.2, 0) is 22.4 Å². The van der Waals surface area contributed by atoms with Crippen molar-refractivity contribution in [2.24, 2.45) is 0 Å². The Hall–Kier alpha value is -3.88. The maximum Gasteiger partial charge on any atom is 0.573 e. The van der Waals surface area contributed by atoms with Crippen molar-refractivity contribution in [3.05, 3.63) is 77.4 Å². The van der Waals surface area contributed by atoms with Gasteiger partial charge in [-0.3, -0.25) is 4.79 Å². The van der Waals surface area contributed by atoms with Gasteiger partial charge in [-0.2, -0.15) is 0 Å². The van der Waals surface area contributed by atoms with Crippen LogP contribution in [0, 0.1) is 6.92 Å². The van der Waals surface area contributed by atoms with Crippen LogP contribution in [0.2, 0.25) is 0 Å². The van der Waals surface area contributed by atoms with E-state index in [1.165, 1.54) is 12.1 Å². The number of para-hydroxylation sites is 1. The molecule has 3 aromatic carbocycles. The highest BCUT2D eigenvalue weighted by Crippen LogP contribution is 2.38. The molecule has 0 amide bonds. The normalized spacial score (nSPS) is 12.0. The zero-order valence-electron chi connectivity index (χ0n) is 23.2. The summed E-state index contributed by atoms with van der Waals surface area (Å²) in [5.41, 5.74) is 3.00. The minimum absolute atomic E-state index is 0.106. The summed E-state index contributed by atoms with van der Waals surface area (Å²) in [6.45, 7) is 8.24. The van der Waals surface area contributed by atoms with Crippen LogP contribution in [-0.4, -0.2) is 31.6 Å². The van der Waals surface area contributed by atoms with Gasteiger partial charge in [0.05, 0.1) is 19.3 Å². The van der Waals surface area contributed by atoms with E-state index < -0.39 is 12.1 Å². The number of aryl methyl sites for hydroxylation is 3. The number of esters is 1. The van der Waals surface area contributed by atoms with Gasteiger partial charge in [0.15, 0.2) is 11.5 Å². The fourth-order valence-corrected chi connectivity index (χ4v) is 4.01. The Morgan fingerprint density at radius 1 is 0.900 bits per heavy atom. The molecule has 3 rings (SSSR count). The number of carbonyl (C=O) groups excluding carboxylic acids is 1. The molecule has 1 atom stereocenters. The van der Waals surface area contributed by atoms with Crippen molar-refractivity contribution in [2.45, 2.75) is 65.8 Å². The van der Waals surface area contributed by atoms with Crippen molar-refractivity contribution in [3.8, 4) is 28.7 Å². The number of hydrogen-bond acceptors (Lipinski definition) is 6. The monoisotopic (exact) mass is 560 g/mol. The first-order valence-corrected chi connectivity index (χ1v) is 13.3. The quantitative estimate of drug-likeness (QED) is 0.186. The number of benzene rings is 3. The van der Waals surface area contributed by atoms with E-state index in [0.29, 0.717) is 44.0 Å². The first-order valence-electron chi connectivity index (χ1n) is 13.3. The maximum atomic E-state index is 12.8. The molecule has 0 aliphatic carbocycles. The molecule has 0 spiro atoms. The molecule has 9 heteroatoms. The predicted octanol–water partition coefficient (Wildman–Crippen LogP) is 7.98. The highest BCUT2D eigenvalue weighted by atomic mass is 19.4. The molecule has 40 heavy (non-hydrogen) atoms. The van der Waals surface area contributed by atoms with Gasteiger partial charge in [-0.25, -0.2) is 0 Å². The summed E-state index contributed by atoms with van der Waals surface area (Å²) in [7, 11) is 0. The molecule has 0 aromatic heterocycles. The molecule has 0 aliphatic rings. The number of alkyl halides is 3. The van der Waals surface area contributed by atoms with Gasteiger partial charge in [-0.15, -0.1) is 13.2 Å². The molecule has 0 bridgehead atoms. The van der Waals surface area contributed by atoms with Gasteiger partial charge in [0.2, 0.25) is 0 Å². The SMILES string of the molecule is CCOC(=O)CCc1ccc(OCC[C@@H](C)Oc2ccc(OC(F)(F)F)cc2Oc2ccccc2C)cc1CC. The van der Waals surface area contributed by atoms with Gasteiger partial charge in [-0.1, -0.05) is 31.2 Å². The van der Waals surface area contributed by atoms with Gasteiger partial charge in [-0.05, 0) is 80.6 Å². The van der Waals surface area contributed by atoms with Crippen LogP contribution < -0.4 is 18.9 Å². The highest BCUT2D eigenvalue weighted by molar-refractivity contribution is 5.69. The maximum absolute atomic E-state index is 12.8. The second-order valence-corrected chi connectivity index (χ2v) is 9.18. The molecule has 6 nitrogen and oxygen atoms in total. The molecule has 0 saturated carbocycles. The van der Waals surface area contributed by atoms with Crippen molar-refractivity contribution in [1.29, 1.82) is 0 Å². The van der Waals surface area contributed by atoms with Crippen LogP contribution in [0.5, 0.6) is 28.7 Å². The lowest BCUT2D eigenvalue weighted by atomic mass is 10.0. The molecule has 0 aliphatic heterocycles. The average Bonchev–Trinajstić information content (AvgIpc) is 2.90. The van der Waals surface area contributed by atoms with Crippen LogP contribution in [0.25, 0.3) is 0 Å². The predicted molar refractivity (Wildman–Crippen MR) is 145 cm³/mol. The third kappa shape index (κ3) is 9.70. The fourth-order valence-electron chi connectivity index (χ4n) is 4.01. The van der Waals surface area contributed by atoms with Gasteiger partial charge in [0.1, 0.15) is 17.2 Å². The molecule has 216 valence electrons. The molecule has 3 aromatic rings. The van der Waals surface area contributed by atoms with Crippen molar-refractivity contribution in [3.63, 3.8) is 0 Å². The summed E-state index contributed by atoms with van der Waals surface area (Å²) in [4.78, 5) is 11.7. The zero-order valence-corrected chi connectivity index (χ0v) is 23.2. The third-order valence-electron chi connectivity index (χ3n) is 6.05. The topological polar surface area (TPSA) is 63.2 Å². The van der Waals surface area contributed by atoms with Crippen LogP contribution >= 0.6 is 0 Å². The number of halogens is 3. The van der Waals surface area contributed by atoms with E-state index in [1.54, 1.807) is 19.1 Å². The van der Waals surface area contributed by atoms with Crippen molar-refractivity contribution >= 4 is 5.97 Å². The van der Waals surface area contributed by atoms with E-state index in [9.17, 15) is 18.0 Å². The first-order chi connectivity index (χ1) is 19.1. The summed E-state index contributed by atoms with van der Waals surface area (Å²) < 4.78 is 65.4. The summed E-state index contributed by atoms with van der Waals surface area (Å²) in [5.74, 6) is 0.969. The summed E-state index contributed by atoms with van der Waals surface area (Å²) in [6.07, 6.45) is -2.92. The minimum atomic E-state index is -4.83. The standard InChI is InChI=1S/C31H35F3O6/c1-5-23-19-25(13-11-24(23)12-16-30(35)36-6-2)37-18-17-22(4)38-28-15-14-26(40-31(32,33)34)20-29(28)39-27-10-8-7-9-21(27)3/h7-11,13-15,19-20,22H,5-6,12,16-18H2,1-4H3/t22-/m1/s1. The number of rotatable bonds is 14. The number of hydrogen-bond donors (Lipinski definition) is 0.